The lowest BCUT2D eigenvalue weighted by molar-refractivity contribution is 1.07. The largest absolute Gasteiger partial charge is 0.309 e. The maximum Gasteiger partial charge on any atom is 0.164 e. The maximum atomic E-state index is 5.04. The van der Waals surface area contributed by atoms with Crippen molar-refractivity contribution >= 4 is 87.2 Å². The van der Waals surface area contributed by atoms with Gasteiger partial charge in [-0.15, -0.1) is 0 Å². The summed E-state index contributed by atoms with van der Waals surface area (Å²) in [5.74, 6) is 3.83. The summed E-state index contributed by atoms with van der Waals surface area (Å²) in [6, 6.07) is 159. The minimum Gasteiger partial charge on any atom is -0.309 e. The first-order valence-electron chi connectivity index (χ1n) is 41.9. The normalized spacial score (nSPS) is 11.5. The Kier molecular flexibility index (Phi) is 18.0. The quantitative estimate of drug-likeness (QED) is 0.108. The van der Waals surface area contributed by atoms with E-state index in [2.05, 4.69) is 346 Å². The molecule has 10 nitrogen and oxygen atoms in total. The zero-order valence-electron chi connectivity index (χ0n) is 67.2. The number of para-hydroxylation sites is 5. The highest BCUT2D eigenvalue weighted by Crippen LogP contribution is 2.44. The van der Waals surface area contributed by atoms with Gasteiger partial charge in [0.05, 0.1) is 49.8 Å². The molecule has 24 aromatic rings. The number of hydrogen-bond donors (Lipinski definition) is 0. The fraction of sp³-hybridized carbons (Fsp3) is 0. The Balaban J connectivity index is 0.000000143. The van der Waals surface area contributed by atoms with Crippen LogP contribution in [0.2, 0.25) is 0 Å². The van der Waals surface area contributed by atoms with E-state index in [1.807, 2.05) is 121 Å². The lowest BCUT2D eigenvalue weighted by atomic mass is 10.0. The van der Waals surface area contributed by atoms with E-state index in [0.717, 1.165) is 72.5 Å². The molecule has 124 heavy (non-hydrogen) atoms. The van der Waals surface area contributed by atoms with E-state index in [9.17, 15) is 0 Å². The van der Waals surface area contributed by atoms with E-state index in [4.69, 9.17) is 29.9 Å². The first kappa shape index (κ1) is 72.4. The fourth-order valence-corrected chi connectivity index (χ4v) is 18.1. The third kappa shape index (κ3) is 13.0. The summed E-state index contributed by atoms with van der Waals surface area (Å²) in [6.45, 7) is 0. The summed E-state index contributed by atoms with van der Waals surface area (Å²) >= 11 is 0. The van der Waals surface area contributed by atoms with E-state index in [0.29, 0.717) is 34.9 Å². The zero-order chi connectivity index (χ0) is 82.0. The van der Waals surface area contributed by atoms with Gasteiger partial charge in [-0.05, 0) is 154 Å². The molecule has 10 heteroatoms. The molecule has 0 bridgehead atoms. The van der Waals surface area contributed by atoms with Gasteiger partial charge in [-0.3, -0.25) is 0 Å². The van der Waals surface area contributed by atoms with Crippen molar-refractivity contribution in [2.45, 2.75) is 0 Å². The SMILES string of the molecule is c1ccc(-c2cccc(-n3c4ccccc4c4cc(-c5ccc6c(c5)c5ccccc5n6-c5cccc(-c6nc(-c7ccccc7)nc(-c7ccccc7)n6)c5)ccc43)c2)cc1.c1ccc(-c2nc(-c3ccccc3)nc(-c3cccc(-n4c5ccccc5c5cc(-c6ccc7c(c6)c6ccccc6n7-c6ccccc6-c6ccccc6)ccc54)c3)n2)cc1. The summed E-state index contributed by atoms with van der Waals surface area (Å²) < 4.78 is 9.53. The van der Waals surface area contributed by atoms with Crippen LogP contribution in [-0.4, -0.2) is 48.2 Å². The highest BCUT2D eigenvalue weighted by Gasteiger charge is 2.23. The van der Waals surface area contributed by atoms with E-state index in [1.165, 1.54) is 115 Å². The van der Waals surface area contributed by atoms with Gasteiger partial charge < -0.3 is 18.3 Å². The number of nitrogens with zero attached hydrogens (tertiary/aromatic N) is 10. The molecule has 0 unspecified atom stereocenters. The van der Waals surface area contributed by atoms with Gasteiger partial charge >= 0.3 is 0 Å². The van der Waals surface area contributed by atoms with Crippen LogP contribution in [0.1, 0.15) is 0 Å². The van der Waals surface area contributed by atoms with Crippen molar-refractivity contribution in [1.29, 1.82) is 0 Å². The van der Waals surface area contributed by atoms with Crippen LogP contribution in [0.3, 0.4) is 0 Å². The predicted octanol–water partition coefficient (Wildman–Crippen LogP) is 28.8. The van der Waals surface area contributed by atoms with Gasteiger partial charge in [0.2, 0.25) is 0 Å². The molecule has 6 heterocycles. The second-order valence-electron chi connectivity index (χ2n) is 31.3. The lowest BCUT2D eigenvalue weighted by Gasteiger charge is -2.14. The van der Waals surface area contributed by atoms with Gasteiger partial charge in [-0.25, -0.2) is 29.9 Å². The van der Waals surface area contributed by atoms with Crippen LogP contribution >= 0.6 is 0 Å². The molecule has 0 radical (unpaired) electrons. The van der Waals surface area contributed by atoms with E-state index in [-0.39, 0.29) is 0 Å². The van der Waals surface area contributed by atoms with Crippen molar-refractivity contribution in [3.8, 4) is 136 Å². The van der Waals surface area contributed by atoms with Crippen LogP contribution < -0.4 is 0 Å². The summed E-state index contributed by atoms with van der Waals surface area (Å²) in [7, 11) is 0. The molecule has 580 valence electrons. The molecule has 6 aromatic heterocycles. The van der Waals surface area contributed by atoms with Gasteiger partial charge in [0.25, 0.3) is 0 Å². The van der Waals surface area contributed by atoms with Crippen molar-refractivity contribution in [3.05, 3.63) is 449 Å². The highest BCUT2D eigenvalue weighted by molar-refractivity contribution is 6.15. The molecular weight excluding hydrogens is 1510 g/mol. The molecule has 0 spiro atoms. The molecule has 0 aliphatic heterocycles. The van der Waals surface area contributed by atoms with Gasteiger partial charge in [0.15, 0.2) is 34.9 Å². The fourth-order valence-electron chi connectivity index (χ4n) is 18.1. The Bertz CT molecular complexity index is 8100. The van der Waals surface area contributed by atoms with Crippen LogP contribution in [0.5, 0.6) is 0 Å². The minimum absolute atomic E-state index is 0.628. The third-order valence-electron chi connectivity index (χ3n) is 23.9. The molecule has 0 N–H and O–H groups in total. The van der Waals surface area contributed by atoms with E-state index >= 15 is 0 Å². The molecule has 0 saturated carbocycles. The Morgan fingerprint density at radius 1 is 0.129 bits per heavy atom. The average molecular weight is 1580 g/mol. The van der Waals surface area contributed by atoms with Crippen molar-refractivity contribution in [2.24, 2.45) is 0 Å². The van der Waals surface area contributed by atoms with Gasteiger partial charge in [-0.1, -0.05) is 334 Å². The average Bonchev–Trinajstić information content (AvgIpc) is 1.58. The molecule has 0 fully saturated rings. The number of benzene rings is 18. The predicted molar refractivity (Wildman–Crippen MR) is 511 cm³/mol. The maximum absolute atomic E-state index is 5.04. The monoisotopic (exact) mass is 1580 g/mol. The van der Waals surface area contributed by atoms with Crippen molar-refractivity contribution in [2.75, 3.05) is 0 Å². The molecule has 0 aliphatic rings. The smallest absolute Gasteiger partial charge is 0.164 e. The number of fused-ring (bicyclic) bond motifs is 12. The Labute approximate surface area is 715 Å². The van der Waals surface area contributed by atoms with Crippen LogP contribution in [0.15, 0.2) is 449 Å². The molecule has 24 rings (SSSR count). The van der Waals surface area contributed by atoms with Crippen molar-refractivity contribution < 1.29 is 0 Å². The van der Waals surface area contributed by atoms with E-state index in [1.54, 1.807) is 0 Å². The molecule has 0 amide bonds. The van der Waals surface area contributed by atoms with E-state index < -0.39 is 0 Å². The molecule has 18 aromatic carbocycles. The third-order valence-corrected chi connectivity index (χ3v) is 23.9. The van der Waals surface area contributed by atoms with Crippen molar-refractivity contribution in [1.82, 2.24) is 48.2 Å². The lowest BCUT2D eigenvalue weighted by Crippen LogP contribution is -2.01. The first-order valence-corrected chi connectivity index (χ1v) is 41.9. The Hall–Kier alpha value is -16.8. The molecule has 0 atom stereocenters. The van der Waals surface area contributed by atoms with Gasteiger partial charge in [0, 0.05) is 99.1 Å². The van der Waals surface area contributed by atoms with Crippen LogP contribution in [0.25, 0.3) is 223 Å². The standard InChI is InChI=1S/2C57H37N5/c1-4-17-38(18-5-1)45-25-10-13-28-50(45)62-52-30-15-12-27-47(52)49-37-42(32-34-54(49)62)41-31-33-53-48(36-41)46-26-11-14-29-51(46)61(53)44-24-16-23-43(35-44)57-59-55(39-19-6-2-7-20-39)58-56(60-57)40-21-8-3-9-22-40;1-4-16-38(17-5-1)41-22-14-24-45(34-41)61-51-28-12-10-26-47(51)49-36-42(30-32-53(49)61)43-31-33-54-50(37-43)48-27-11-13-29-52(48)62(54)46-25-15-23-44(35-46)57-59-55(39-18-6-2-7-19-39)58-56(60-57)40-20-8-3-9-21-40/h2*1-37H. The number of hydrogen-bond acceptors (Lipinski definition) is 6. The van der Waals surface area contributed by atoms with Crippen molar-refractivity contribution in [3.63, 3.8) is 0 Å². The summed E-state index contributed by atoms with van der Waals surface area (Å²) in [6.07, 6.45) is 0. The summed E-state index contributed by atoms with van der Waals surface area (Å²) in [4.78, 5) is 30.0. The molecule has 0 saturated heterocycles. The zero-order valence-corrected chi connectivity index (χ0v) is 67.2. The van der Waals surface area contributed by atoms with Gasteiger partial charge in [-0.2, -0.15) is 0 Å². The van der Waals surface area contributed by atoms with Gasteiger partial charge in [0.1, 0.15) is 0 Å². The van der Waals surface area contributed by atoms with Crippen LogP contribution in [0.4, 0.5) is 0 Å². The highest BCUT2D eigenvalue weighted by atomic mass is 15.1. The second-order valence-corrected chi connectivity index (χ2v) is 31.3. The summed E-state index contributed by atoms with van der Waals surface area (Å²) in [5, 5.41) is 9.71. The Morgan fingerprint density at radius 3 is 0.694 bits per heavy atom. The first-order chi connectivity index (χ1) is 61.5. The Morgan fingerprint density at radius 2 is 0.355 bits per heavy atom. The second kappa shape index (κ2) is 30.8. The topological polar surface area (TPSA) is 97.1 Å². The van der Waals surface area contributed by atoms with Crippen LogP contribution in [0, 0.1) is 0 Å². The van der Waals surface area contributed by atoms with Crippen LogP contribution in [-0.2, 0) is 0 Å². The summed E-state index contributed by atoms with van der Waals surface area (Å²) in [5.41, 5.74) is 28.8. The molecular formula is C114H74N10. The minimum atomic E-state index is 0.628. The molecule has 0 aliphatic carbocycles. The number of aromatic nitrogens is 10. The number of rotatable bonds is 14.